The monoisotopic (exact) mass is 433 g/mol. The van der Waals surface area contributed by atoms with Gasteiger partial charge in [-0.3, -0.25) is 4.79 Å². The average Bonchev–Trinajstić information content (AvgIpc) is 3.23. The van der Waals surface area contributed by atoms with Crippen LogP contribution in [0.25, 0.3) is 5.65 Å². The number of benzene rings is 1. The number of carbonyl (C=O) groups excluding carboxylic acids is 1. The number of anilines is 3. The number of aliphatic hydroxyl groups excluding tert-OH is 1. The lowest BCUT2D eigenvalue weighted by atomic mass is 9.99. The van der Waals surface area contributed by atoms with E-state index in [4.69, 9.17) is 4.98 Å². The minimum atomic E-state index is -0.00424. The van der Waals surface area contributed by atoms with Crippen molar-refractivity contribution in [3.05, 3.63) is 60.3 Å². The molecule has 2 N–H and O–H groups in total. The SMILES string of the molecule is C=CC(=O)Cc1cccc(Nc2cc(N3CCCC[C@H]3CCO)nc3c(CC)cnn23)c1. The van der Waals surface area contributed by atoms with Gasteiger partial charge in [-0.25, -0.2) is 4.98 Å². The molecule has 7 heteroatoms. The molecule has 4 rings (SSSR count). The normalized spacial score (nSPS) is 16.3. The molecule has 0 spiro atoms. The second-order valence-electron chi connectivity index (χ2n) is 8.29. The largest absolute Gasteiger partial charge is 0.396 e. The van der Waals surface area contributed by atoms with Crippen molar-refractivity contribution in [1.82, 2.24) is 14.6 Å². The highest BCUT2D eigenvalue weighted by molar-refractivity contribution is 5.91. The van der Waals surface area contributed by atoms with Gasteiger partial charge in [-0.15, -0.1) is 0 Å². The van der Waals surface area contributed by atoms with E-state index in [1.165, 1.54) is 12.5 Å². The van der Waals surface area contributed by atoms with Crippen LogP contribution >= 0.6 is 0 Å². The summed E-state index contributed by atoms with van der Waals surface area (Å²) in [6, 6.07) is 10.2. The molecule has 0 radical (unpaired) electrons. The molecule has 1 saturated heterocycles. The Morgan fingerprint density at radius 3 is 3.00 bits per heavy atom. The van der Waals surface area contributed by atoms with Crippen LogP contribution in [0.5, 0.6) is 0 Å². The van der Waals surface area contributed by atoms with Crippen LogP contribution in [0.3, 0.4) is 0 Å². The zero-order valence-electron chi connectivity index (χ0n) is 18.6. The zero-order valence-corrected chi connectivity index (χ0v) is 18.6. The summed E-state index contributed by atoms with van der Waals surface area (Å²) < 4.78 is 1.84. The molecule has 3 aromatic rings. The van der Waals surface area contributed by atoms with Crippen LogP contribution in [0.2, 0.25) is 0 Å². The Hall–Kier alpha value is -3.19. The Bertz CT molecular complexity index is 1100. The van der Waals surface area contributed by atoms with Crippen LogP contribution in [0.4, 0.5) is 17.3 Å². The number of carbonyl (C=O) groups is 1. The quantitative estimate of drug-likeness (QED) is 0.495. The summed E-state index contributed by atoms with van der Waals surface area (Å²) >= 11 is 0. The van der Waals surface area contributed by atoms with Crippen LogP contribution in [0.15, 0.2) is 49.2 Å². The number of hydrogen-bond donors (Lipinski definition) is 2. The molecule has 0 saturated carbocycles. The standard InChI is InChI=1S/C25H31N5O2/c1-3-19-17-26-30-24(27-20-9-7-8-18(14-20)15-22(32)4-2)16-23(28-25(19)30)29-12-6-5-10-21(29)11-13-31/h4,7-9,14,16-17,21,27,31H,2-3,5-6,10-13,15H2,1H3/t21-/m0/s1. The summed E-state index contributed by atoms with van der Waals surface area (Å²) in [5.41, 5.74) is 3.76. The summed E-state index contributed by atoms with van der Waals surface area (Å²) in [6.45, 7) is 6.78. The number of nitrogens with zero attached hydrogens (tertiary/aromatic N) is 4. The first-order valence-electron chi connectivity index (χ1n) is 11.4. The van der Waals surface area contributed by atoms with Gasteiger partial charge in [0.1, 0.15) is 11.6 Å². The van der Waals surface area contributed by atoms with E-state index in [0.717, 1.165) is 66.3 Å². The van der Waals surface area contributed by atoms with E-state index in [1.54, 1.807) is 0 Å². The average molecular weight is 434 g/mol. The second kappa shape index (κ2) is 9.96. The molecule has 1 aliphatic heterocycles. The number of hydrogen-bond acceptors (Lipinski definition) is 6. The van der Waals surface area contributed by atoms with Gasteiger partial charge in [-0.2, -0.15) is 9.61 Å². The first-order valence-corrected chi connectivity index (χ1v) is 11.4. The highest BCUT2D eigenvalue weighted by Crippen LogP contribution is 2.30. The van der Waals surface area contributed by atoms with Crippen molar-refractivity contribution in [1.29, 1.82) is 0 Å². The summed E-state index contributed by atoms with van der Waals surface area (Å²) in [4.78, 5) is 19.1. The number of rotatable bonds is 9. The fourth-order valence-corrected chi connectivity index (χ4v) is 4.41. The van der Waals surface area contributed by atoms with Gasteiger partial charge in [0.2, 0.25) is 0 Å². The Labute approximate surface area is 188 Å². The lowest BCUT2D eigenvalue weighted by Crippen LogP contribution is -2.40. The van der Waals surface area contributed by atoms with Gasteiger partial charge >= 0.3 is 0 Å². The molecule has 0 unspecified atom stereocenters. The van der Waals surface area contributed by atoms with Crippen molar-refractivity contribution in [2.75, 3.05) is 23.4 Å². The van der Waals surface area contributed by atoms with Crippen molar-refractivity contribution in [3.8, 4) is 0 Å². The van der Waals surface area contributed by atoms with Crippen molar-refractivity contribution < 1.29 is 9.90 Å². The number of piperidine rings is 1. The van der Waals surface area contributed by atoms with E-state index in [0.29, 0.717) is 6.42 Å². The summed E-state index contributed by atoms with van der Waals surface area (Å²) in [5.74, 6) is 1.73. The number of aromatic nitrogens is 3. The number of nitrogens with one attached hydrogen (secondary N) is 1. The third-order valence-electron chi connectivity index (χ3n) is 6.10. The summed E-state index contributed by atoms with van der Waals surface area (Å²) in [7, 11) is 0. The van der Waals surface area contributed by atoms with Crippen molar-refractivity contribution in [2.45, 2.75) is 51.5 Å². The molecule has 2 aromatic heterocycles. The van der Waals surface area contributed by atoms with Crippen molar-refractivity contribution in [3.63, 3.8) is 0 Å². The molecule has 0 amide bonds. The number of fused-ring (bicyclic) bond motifs is 1. The lowest BCUT2D eigenvalue weighted by molar-refractivity contribution is -0.114. The molecule has 1 aromatic carbocycles. The van der Waals surface area contributed by atoms with Gasteiger partial charge in [0.05, 0.1) is 6.20 Å². The number of ketones is 1. The zero-order chi connectivity index (χ0) is 22.5. The van der Waals surface area contributed by atoms with E-state index in [-0.39, 0.29) is 18.4 Å². The van der Waals surface area contributed by atoms with Gasteiger partial charge in [0.25, 0.3) is 0 Å². The molecule has 32 heavy (non-hydrogen) atoms. The van der Waals surface area contributed by atoms with Crippen LogP contribution in [0.1, 0.15) is 43.7 Å². The number of aryl methyl sites for hydroxylation is 1. The second-order valence-corrected chi connectivity index (χ2v) is 8.29. The van der Waals surface area contributed by atoms with Crippen molar-refractivity contribution >= 4 is 28.8 Å². The molecular weight excluding hydrogens is 402 g/mol. The number of allylic oxidation sites excluding steroid dienone is 1. The predicted octanol–water partition coefficient (Wildman–Crippen LogP) is 4.07. The van der Waals surface area contributed by atoms with E-state index < -0.39 is 0 Å². The van der Waals surface area contributed by atoms with Gasteiger partial charge in [0, 0.05) is 42.9 Å². The molecule has 1 atom stereocenters. The Balaban J connectivity index is 1.72. The maximum Gasteiger partial charge on any atom is 0.162 e. The maximum absolute atomic E-state index is 11.8. The molecule has 0 bridgehead atoms. The van der Waals surface area contributed by atoms with E-state index in [2.05, 4.69) is 28.8 Å². The third kappa shape index (κ3) is 4.67. The molecule has 1 fully saturated rings. The first-order chi connectivity index (χ1) is 15.6. The Kier molecular flexibility index (Phi) is 6.85. The van der Waals surface area contributed by atoms with E-state index in [1.807, 2.05) is 41.0 Å². The minimum Gasteiger partial charge on any atom is -0.396 e. The smallest absolute Gasteiger partial charge is 0.162 e. The highest BCUT2D eigenvalue weighted by Gasteiger charge is 2.25. The molecule has 168 valence electrons. The fraction of sp³-hybridized carbons (Fsp3) is 0.400. The topological polar surface area (TPSA) is 82.8 Å². The molecular formula is C25H31N5O2. The van der Waals surface area contributed by atoms with E-state index in [9.17, 15) is 9.90 Å². The van der Waals surface area contributed by atoms with Gasteiger partial charge in [0.15, 0.2) is 11.4 Å². The minimum absolute atomic E-state index is 0.00424. The van der Waals surface area contributed by atoms with Gasteiger partial charge < -0.3 is 15.3 Å². The van der Waals surface area contributed by atoms with E-state index >= 15 is 0 Å². The third-order valence-corrected chi connectivity index (χ3v) is 6.10. The molecule has 7 nitrogen and oxygen atoms in total. The summed E-state index contributed by atoms with van der Waals surface area (Å²) in [5, 5.41) is 17.6. The highest BCUT2D eigenvalue weighted by atomic mass is 16.3. The van der Waals surface area contributed by atoms with Crippen molar-refractivity contribution in [2.24, 2.45) is 0 Å². The lowest BCUT2D eigenvalue weighted by Gasteiger charge is -2.36. The van der Waals surface area contributed by atoms with Crippen LogP contribution in [-0.4, -0.2) is 44.7 Å². The fourth-order valence-electron chi connectivity index (χ4n) is 4.41. The van der Waals surface area contributed by atoms with Gasteiger partial charge in [-0.05, 0) is 55.9 Å². The van der Waals surface area contributed by atoms with Crippen LogP contribution in [0, 0.1) is 0 Å². The predicted molar refractivity (Wildman–Crippen MR) is 128 cm³/mol. The van der Waals surface area contributed by atoms with Gasteiger partial charge in [-0.1, -0.05) is 25.6 Å². The number of aliphatic hydroxyl groups is 1. The first kappa shape index (κ1) is 22.0. The van der Waals surface area contributed by atoms with Crippen LogP contribution < -0.4 is 10.2 Å². The molecule has 0 aliphatic carbocycles. The summed E-state index contributed by atoms with van der Waals surface area (Å²) in [6.07, 6.45) is 8.51. The van der Waals surface area contributed by atoms with Crippen LogP contribution in [-0.2, 0) is 17.6 Å². The molecule has 3 heterocycles. The maximum atomic E-state index is 11.8. The molecule has 1 aliphatic rings. The Morgan fingerprint density at radius 1 is 1.34 bits per heavy atom. The Morgan fingerprint density at radius 2 is 2.22 bits per heavy atom.